The predicted octanol–water partition coefficient (Wildman–Crippen LogP) is 2.18. The van der Waals surface area contributed by atoms with Crippen LogP contribution in [-0.2, 0) is 23.2 Å². The average molecular weight is 408 g/mol. The third kappa shape index (κ3) is 4.21. The minimum Gasteiger partial charge on any atom is -0.303 e. The molecule has 0 aliphatic carbocycles. The van der Waals surface area contributed by atoms with Crippen LogP contribution in [0.4, 0.5) is 0 Å². The maximum Gasteiger partial charge on any atom is 0.243 e. The Labute approximate surface area is 165 Å². The molecule has 27 heavy (non-hydrogen) atoms. The molecule has 2 heterocycles. The molecular weight excluding hydrogens is 382 g/mol. The molecule has 0 radical (unpaired) electrons. The van der Waals surface area contributed by atoms with Gasteiger partial charge in [0.05, 0.1) is 11.6 Å². The van der Waals surface area contributed by atoms with Crippen LogP contribution < -0.4 is 0 Å². The summed E-state index contributed by atoms with van der Waals surface area (Å²) in [6.07, 6.45) is 3.48. The van der Waals surface area contributed by atoms with E-state index >= 15 is 0 Å². The summed E-state index contributed by atoms with van der Waals surface area (Å²) in [6.45, 7) is 10.8. The monoisotopic (exact) mass is 407 g/mol. The minimum atomic E-state index is -3.47. The zero-order valence-corrected chi connectivity index (χ0v) is 17.3. The number of piperazine rings is 1. The first-order chi connectivity index (χ1) is 12.8. The molecule has 2 aromatic rings. The van der Waals surface area contributed by atoms with Crippen molar-refractivity contribution >= 4 is 22.2 Å². The van der Waals surface area contributed by atoms with Crippen molar-refractivity contribution in [1.29, 1.82) is 0 Å². The number of hydrogen-bond acceptors (Lipinski definition) is 5. The Bertz CT molecular complexity index is 985. The maximum absolute atomic E-state index is 13.0. The molecular formula is C18H25N5O2S2. The van der Waals surface area contributed by atoms with Crippen molar-refractivity contribution in [3.63, 3.8) is 0 Å². The standard InChI is InChI=1S/C18H25N5O2S2/c1-4-7-21-13-19-23(18(21)26)14-20-8-10-22(11-9-20)27(24,25)17-12-15(2)5-6-16(17)3/h4-6,12-13H,1,7-11,14H2,2-3H3. The van der Waals surface area contributed by atoms with Gasteiger partial charge in [0.15, 0.2) is 4.77 Å². The van der Waals surface area contributed by atoms with Crippen LogP contribution in [-0.4, -0.2) is 58.1 Å². The SMILES string of the molecule is C=CCn1cnn(CN2CCN(S(=O)(=O)c3cc(C)ccc3C)CC2)c1=S. The van der Waals surface area contributed by atoms with Crippen LogP contribution in [0.3, 0.4) is 0 Å². The highest BCUT2D eigenvalue weighted by Crippen LogP contribution is 2.22. The van der Waals surface area contributed by atoms with E-state index in [1.165, 1.54) is 0 Å². The van der Waals surface area contributed by atoms with Crippen LogP contribution in [0.5, 0.6) is 0 Å². The second-order valence-corrected chi connectivity index (χ2v) is 9.06. The summed E-state index contributed by atoms with van der Waals surface area (Å²) in [5, 5.41) is 4.32. The Hall–Kier alpha value is -1.81. The molecule has 7 nitrogen and oxygen atoms in total. The first-order valence-corrected chi connectivity index (χ1v) is 10.7. The molecule has 0 unspecified atom stereocenters. The van der Waals surface area contributed by atoms with E-state index in [-0.39, 0.29) is 0 Å². The lowest BCUT2D eigenvalue weighted by Crippen LogP contribution is -2.49. The Morgan fingerprint density at radius 2 is 1.93 bits per heavy atom. The topological polar surface area (TPSA) is 63.4 Å². The smallest absolute Gasteiger partial charge is 0.243 e. The van der Waals surface area contributed by atoms with E-state index in [0.29, 0.717) is 49.1 Å². The number of nitrogens with zero attached hydrogens (tertiary/aromatic N) is 5. The van der Waals surface area contributed by atoms with E-state index in [4.69, 9.17) is 12.2 Å². The van der Waals surface area contributed by atoms with E-state index in [2.05, 4.69) is 16.6 Å². The minimum absolute atomic E-state index is 0.404. The fourth-order valence-corrected chi connectivity index (χ4v) is 5.12. The van der Waals surface area contributed by atoms with Crippen LogP contribution >= 0.6 is 12.2 Å². The van der Waals surface area contributed by atoms with E-state index in [9.17, 15) is 8.42 Å². The quantitative estimate of drug-likeness (QED) is 0.543. The van der Waals surface area contributed by atoms with Crippen LogP contribution in [0.2, 0.25) is 0 Å². The van der Waals surface area contributed by atoms with Crippen molar-refractivity contribution in [2.24, 2.45) is 0 Å². The van der Waals surface area contributed by atoms with Gasteiger partial charge in [0, 0.05) is 32.7 Å². The van der Waals surface area contributed by atoms with E-state index in [1.54, 1.807) is 27.5 Å². The van der Waals surface area contributed by atoms with Gasteiger partial charge in [-0.15, -0.1) is 6.58 Å². The normalized spacial score (nSPS) is 16.5. The fraction of sp³-hybridized carbons (Fsp3) is 0.444. The van der Waals surface area contributed by atoms with Crippen LogP contribution in [0.25, 0.3) is 0 Å². The van der Waals surface area contributed by atoms with Gasteiger partial charge < -0.3 is 4.57 Å². The molecule has 1 aromatic carbocycles. The van der Waals surface area contributed by atoms with Crippen molar-refractivity contribution in [3.8, 4) is 0 Å². The van der Waals surface area contributed by atoms with Crippen molar-refractivity contribution in [1.82, 2.24) is 23.6 Å². The van der Waals surface area contributed by atoms with Crippen LogP contribution in [0, 0.1) is 18.6 Å². The highest BCUT2D eigenvalue weighted by Gasteiger charge is 2.29. The number of rotatable bonds is 6. The molecule has 9 heteroatoms. The largest absolute Gasteiger partial charge is 0.303 e. The second-order valence-electron chi connectivity index (χ2n) is 6.79. The predicted molar refractivity (Wildman–Crippen MR) is 107 cm³/mol. The highest BCUT2D eigenvalue weighted by atomic mass is 32.2. The molecule has 1 fully saturated rings. The number of aryl methyl sites for hydroxylation is 2. The maximum atomic E-state index is 13.0. The lowest BCUT2D eigenvalue weighted by molar-refractivity contribution is 0.144. The molecule has 0 saturated carbocycles. The lowest BCUT2D eigenvalue weighted by Gasteiger charge is -2.34. The lowest BCUT2D eigenvalue weighted by atomic mass is 10.2. The third-order valence-corrected chi connectivity index (χ3v) is 7.24. The van der Waals surface area contributed by atoms with Gasteiger partial charge in [0.2, 0.25) is 10.0 Å². The summed E-state index contributed by atoms with van der Waals surface area (Å²) >= 11 is 5.41. The molecule has 3 rings (SSSR count). The Kier molecular flexibility index (Phi) is 5.95. The van der Waals surface area contributed by atoms with Crippen molar-refractivity contribution in [2.45, 2.75) is 32.0 Å². The van der Waals surface area contributed by atoms with Crippen LogP contribution in [0.1, 0.15) is 11.1 Å². The number of aromatic nitrogens is 3. The number of sulfonamides is 1. The van der Waals surface area contributed by atoms with Gasteiger partial charge in [-0.2, -0.15) is 9.40 Å². The van der Waals surface area contributed by atoms with Crippen LogP contribution in [0.15, 0.2) is 42.1 Å². The molecule has 0 N–H and O–H groups in total. The molecule has 146 valence electrons. The third-order valence-electron chi connectivity index (χ3n) is 4.75. The molecule has 0 bridgehead atoms. The molecule has 0 amide bonds. The summed E-state index contributed by atoms with van der Waals surface area (Å²) in [4.78, 5) is 2.57. The average Bonchev–Trinajstić information content (AvgIpc) is 2.98. The Morgan fingerprint density at radius 3 is 2.59 bits per heavy atom. The molecule has 0 atom stereocenters. The number of allylic oxidation sites excluding steroid dienone is 1. The van der Waals surface area contributed by atoms with E-state index in [0.717, 1.165) is 11.1 Å². The van der Waals surface area contributed by atoms with E-state index in [1.807, 2.05) is 30.5 Å². The van der Waals surface area contributed by atoms with Crippen molar-refractivity contribution in [3.05, 3.63) is 53.1 Å². The molecule has 1 saturated heterocycles. The zero-order valence-electron chi connectivity index (χ0n) is 15.7. The highest BCUT2D eigenvalue weighted by molar-refractivity contribution is 7.89. The molecule has 1 aromatic heterocycles. The van der Waals surface area contributed by atoms with Gasteiger partial charge in [0.25, 0.3) is 0 Å². The van der Waals surface area contributed by atoms with Gasteiger partial charge in [0.1, 0.15) is 6.33 Å². The summed E-state index contributed by atoms with van der Waals surface area (Å²) in [7, 11) is -3.47. The van der Waals surface area contributed by atoms with Gasteiger partial charge in [-0.3, -0.25) is 4.90 Å². The van der Waals surface area contributed by atoms with Gasteiger partial charge in [-0.25, -0.2) is 13.1 Å². The van der Waals surface area contributed by atoms with Gasteiger partial charge in [-0.1, -0.05) is 18.2 Å². The second kappa shape index (κ2) is 8.05. The number of benzene rings is 1. The van der Waals surface area contributed by atoms with Gasteiger partial charge in [-0.05, 0) is 43.3 Å². The van der Waals surface area contributed by atoms with Crippen molar-refractivity contribution in [2.75, 3.05) is 26.2 Å². The summed E-state index contributed by atoms with van der Waals surface area (Å²) < 4.78 is 31.8. The summed E-state index contributed by atoms with van der Waals surface area (Å²) in [6, 6.07) is 5.55. The molecule has 1 aliphatic rings. The number of hydrogen-bond donors (Lipinski definition) is 0. The summed E-state index contributed by atoms with van der Waals surface area (Å²) in [5.41, 5.74) is 1.73. The first-order valence-electron chi connectivity index (χ1n) is 8.86. The zero-order chi connectivity index (χ0) is 19.6. The Balaban J connectivity index is 1.67. The van der Waals surface area contributed by atoms with Gasteiger partial charge >= 0.3 is 0 Å². The van der Waals surface area contributed by atoms with Crippen molar-refractivity contribution < 1.29 is 8.42 Å². The fourth-order valence-electron chi connectivity index (χ4n) is 3.16. The Morgan fingerprint density at radius 1 is 1.22 bits per heavy atom. The molecule has 1 aliphatic heterocycles. The summed E-state index contributed by atoms with van der Waals surface area (Å²) in [5.74, 6) is 0. The van der Waals surface area contributed by atoms with E-state index < -0.39 is 10.0 Å². The first kappa shape index (κ1) is 19.9. The molecule has 0 spiro atoms.